The monoisotopic (exact) mass is 262 g/mol. The first-order valence-corrected chi connectivity index (χ1v) is 6.13. The van der Waals surface area contributed by atoms with Gasteiger partial charge in [-0.3, -0.25) is 0 Å². The van der Waals surface area contributed by atoms with Crippen LogP contribution in [-0.2, 0) is 12.0 Å². The van der Waals surface area contributed by atoms with Gasteiger partial charge < -0.3 is 5.11 Å². The first kappa shape index (κ1) is 13.7. The molecule has 2 aromatic carbocycles. The number of hydrogen-bond donors (Lipinski definition) is 1. The van der Waals surface area contributed by atoms with E-state index in [9.17, 15) is 13.9 Å². The van der Waals surface area contributed by atoms with E-state index in [0.717, 1.165) is 17.2 Å². The van der Waals surface area contributed by atoms with Gasteiger partial charge in [0, 0.05) is 6.42 Å². The van der Waals surface area contributed by atoms with Crippen molar-refractivity contribution < 1.29 is 13.9 Å². The Morgan fingerprint density at radius 2 is 1.74 bits per heavy atom. The maximum absolute atomic E-state index is 13.7. The summed E-state index contributed by atoms with van der Waals surface area (Å²) in [5.74, 6) is -1.78. The summed E-state index contributed by atoms with van der Waals surface area (Å²) in [5, 5.41) is 10.5. The molecular weight excluding hydrogens is 246 g/mol. The third-order valence-electron chi connectivity index (χ3n) is 3.29. The van der Waals surface area contributed by atoms with E-state index in [1.165, 1.54) is 12.1 Å². The van der Waals surface area contributed by atoms with Gasteiger partial charge in [0.15, 0.2) is 11.6 Å². The van der Waals surface area contributed by atoms with Crippen LogP contribution in [0.3, 0.4) is 0 Å². The number of aryl methyl sites for hydroxylation is 1. The van der Waals surface area contributed by atoms with Crippen molar-refractivity contribution >= 4 is 0 Å². The van der Waals surface area contributed by atoms with E-state index < -0.39 is 17.2 Å². The molecule has 1 nitrogen and oxygen atoms in total. The average molecular weight is 262 g/mol. The topological polar surface area (TPSA) is 20.2 Å². The lowest BCUT2D eigenvalue weighted by atomic mass is 9.86. The Hall–Kier alpha value is -1.74. The van der Waals surface area contributed by atoms with E-state index in [0.29, 0.717) is 0 Å². The fourth-order valence-electron chi connectivity index (χ4n) is 2.33. The third-order valence-corrected chi connectivity index (χ3v) is 3.29. The van der Waals surface area contributed by atoms with Crippen LogP contribution in [0.2, 0.25) is 0 Å². The van der Waals surface area contributed by atoms with Crippen molar-refractivity contribution in [2.75, 3.05) is 0 Å². The molecule has 0 aliphatic carbocycles. The molecule has 0 saturated carbocycles. The van der Waals surface area contributed by atoms with E-state index in [1.54, 1.807) is 13.0 Å². The molecule has 0 aliphatic rings. The molecule has 0 amide bonds. The first-order chi connectivity index (χ1) is 8.92. The summed E-state index contributed by atoms with van der Waals surface area (Å²) in [6.45, 7) is 3.49. The lowest BCUT2D eigenvalue weighted by molar-refractivity contribution is 0.0559. The number of benzene rings is 2. The number of hydrogen-bond acceptors (Lipinski definition) is 1. The molecule has 0 saturated heterocycles. The molecule has 2 aromatic rings. The van der Waals surface area contributed by atoms with Gasteiger partial charge in [-0.15, -0.1) is 0 Å². The number of halogens is 2. The van der Waals surface area contributed by atoms with Gasteiger partial charge in [0.05, 0.1) is 5.60 Å². The second kappa shape index (κ2) is 5.10. The summed E-state index contributed by atoms with van der Waals surface area (Å²) in [6, 6.07) is 11.4. The van der Waals surface area contributed by atoms with Crippen LogP contribution in [0.1, 0.15) is 23.6 Å². The fourth-order valence-corrected chi connectivity index (χ4v) is 2.33. The predicted molar refractivity (Wildman–Crippen MR) is 70.8 cm³/mol. The van der Waals surface area contributed by atoms with Gasteiger partial charge in [-0.05, 0) is 36.6 Å². The minimum Gasteiger partial charge on any atom is -0.385 e. The zero-order valence-corrected chi connectivity index (χ0v) is 11.0. The molecule has 1 N–H and O–H groups in total. The molecule has 0 heterocycles. The summed E-state index contributed by atoms with van der Waals surface area (Å²) in [6.07, 6.45) is 0.0292. The minimum atomic E-state index is -1.24. The van der Waals surface area contributed by atoms with Crippen molar-refractivity contribution in [2.45, 2.75) is 25.9 Å². The van der Waals surface area contributed by atoms with Gasteiger partial charge >= 0.3 is 0 Å². The summed E-state index contributed by atoms with van der Waals surface area (Å²) in [7, 11) is 0. The highest BCUT2D eigenvalue weighted by Crippen LogP contribution is 2.29. The molecule has 100 valence electrons. The molecule has 1 atom stereocenters. The standard InChI is InChI=1S/C16H16F2O/c1-11-6-3-4-8-13(11)16(2,19)10-12-7-5-9-14(17)15(12)18/h3-9,19H,10H2,1-2H3. The highest BCUT2D eigenvalue weighted by atomic mass is 19.2. The molecule has 0 bridgehead atoms. The molecule has 0 aliphatic heterocycles. The molecule has 19 heavy (non-hydrogen) atoms. The summed E-state index contributed by atoms with van der Waals surface area (Å²) in [4.78, 5) is 0. The van der Waals surface area contributed by atoms with Gasteiger partial charge in [-0.25, -0.2) is 8.78 Å². The van der Waals surface area contributed by atoms with Crippen molar-refractivity contribution in [3.05, 3.63) is 70.8 Å². The average Bonchev–Trinajstić information content (AvgIpc) is 2.35. The minimum absolute atomic E-state index is 0.0292. The second-order valence-electron chi connectivity index (χ2n) is 4.98. The maximum Gasteiger partial charge on any atom is 0.162 e. The van der Waals surface area contributed by atoms with E-state index in [1.807, 2.05) is 25.1 Å². The van der Waals surface area contributed by atoms with Crippen molar-refractivity contribution in [3.8, 4) is 0 Å². The Kier molecular flexibility index (Phi) is 3.67. The molecule has 2 rings (SSSR count). The van der Waals surface area contributed by atoms with E-state index >= 15 is 0 Å². The Labute approximate surface area is 111 Å². The molecule has 3 heteroatoms. The summed E-state index contributed by atoms with van der Waals surface area (Å²) >= 11 is 0. The molecule has 1 unspecified atom stereocenters. The Balaban J connectivity index is 2.36. The lowest BCUT2D eigenvalue weighted by Crippen LogP contribution is -2.26. The zero-order chi connectivity index (χ0) is 14.0. The van der Waals surface area contributed by atoms with Crippen molar-refractivity contribution in [1.82, 2.24) is 0 Å². The number of rotatable bonds is 3. The molecular formula is C16H16F2O. The fraction of sp³-hybridized carbons (Fsp3) is 0.250. The van der Waals surface area contributed by atoms with Crippen LogP contribution in [0.5, 0.6) is 0 Å². The summed E-state index contributed by atoms with van der Waals surface area (Å²) < 4.78 is 26.8. The van der Waals surface area contributed by atoms with E-state index in [-0.39, 0.29) is 12.0 Å². The van der Waals surface area contributed by atoms with Crippen LogP contribution >= 0.6 is 0 Å². The zero-order valence-electron chi connectivity index (χ0n) is 11.0. The van der Waals surface area contributed by atoms with Crippen LogP contribution in [0.4, 0.5) is 8.78 Å². The van der Waals surface area contributed by atoms with Crippen molar-refractivity contribution in [1.29, 1.82) is 0 Å². The predicted octanol–water partition coefficient (Wildman–Crippen LogP) is 3.72. The van der Waals surface area contributed by atoms with Crippen LogP contribution in [-0.4, -0.2) is 5.11 Å². The lowest BCUT2D eigenvalue weighted by Gasteiger charge is -2.26. The van der Waals surface area contributed by atoms with Crippen LogP contribution in [0, 0.1) is 18.6 Å². The van der Waals surface area contributed by atoms with Gasteiger partial charge in [0.1, 0.15) is 0 Å². The molecule has 0 fully saturated rings. The van der Waals surface area contributed by atoms with E-state index in [2.05, 4.69) is 0 Å². The number of aliphatic hydroxyl groups is 1. The van der Waals surface area contributed by atoms with Crippen molar-refractivity contribution in [2.24, 2.45) is 0 Å². The highest BCUT2D eigenvalue weighted by Gasteiger charge is 2.26. The quantitative estimate of drug-likeness (QED) is 0.893. The molecule has 0 radical (unpaired) electrons. The normalized spacial score (nSPS) is 14.2. The Morgan fingerprint density at radius 1 is 1.05 bits per heavy atom. The summed E-state index contributed by atoms with van der Waals surface area (Å²) in [5.41, 5.74) is 0.580. The van der Waals surface area contributed by atoms with Gasteiger partial charge in [-0.2, -0.15) is 0 Å². The highest BCUT2D eigenvalue weighted by molar-refractivity contribution is 5.33. The molecule has 0 aromatic heterocycles. The largest absolute Gasteiger partial charge is 0.385 e. The van der Waals surface area contributed by atoms with Crippen LogP contribution in [0.15, 0.2) is 42.5 Å². The molecule has 0 spiro atoms. The second-order valence-corrected chi connectivity index (χ2v) is 4.98. The maximum atomic E-state index is 13.7. The first-order valence-electron chi connectivity index (χ1n) is 6.13. The van der Waals surface area contributed by atoms with Gasteiger partial charge in [-0.1, -0.05) is 36.4 Å². The van der Waals surface area contributed by atoms with Crippen LogP contribution in [0.25, 0.3) is 0 Å². The Bertz CT molecular complexity index is 591. The SMILES string of the molecule is Cc1ccccc1C(C)(O)Cc1cccc(F)c1F. The van der Waals surface area contributed by atoms with E-state index in [4.69, 9.17) is 0 Å². The van der Waals surface area contributed by atoms with Gasteiger partial charge in [0.2, 0.25) is 0 Å². The smallest absolute Gasteiger partial charge is 0.162 e. The third kappa shape index (κ3) is 2.82. The van der Waals surface area contributed by atoms with Gasteiger partial charge in [0.25, 0.3) is 0 Å². The Morgan fingerprint density at radius 3 is 2.42 bits per heavy atom. The van der Waals surface area contributed by atoms with Crippen molar-refractivity contribution in [3.63, 3.8) is 0 Å². The van der Waals surface area contributed by atoms with Crippen LogP contribution < -0.4 is 0 Å².